The van der Waals surface area contributed by atoms with Crippen LogP contribution in [0.1, 0.15) is 19.2 Å². The third-order valence-electron chi connectivity index (χ3n) is 1.88. The number of hydrogen-bond donors (Lipinski definition) is 0. The second kappa shape index (κ2) is 4.00. The Morgan fingerprint density at radius 3 is 3.00 bits per heavy atom. The molecule has 0 aromatic carbocycles. The lowest BCUT2D eigenvalue weighted by molar-refractivity contribution is -0.137. The molecule has 1 fully saturated rings. The van der Waals surface area contributed by atoms with Gasteiger partial charge in [-0.05, 0) is 11.8 Å². The van der Waals surface area contributed by atoms with E-state index < -0.39 is 0 Å². The van der Waals surface area contributed by atoms with Crippen LogP contribution in [0.25, 0.3) is 0 Å². The third kappa shape index (κ3) is 1.89. The van der Waals surface area contributed by atoms with E-state index in [1.807, 2.05) is 6.92 Å². The molecule has 6 heteroatoms. The van der Waals surface area contributed by atoms with E-state index in [9.17, 15) is 4.79 Å². The molecule has 0 N–H and O–H groups in total. The molecular weight excluding hydrogens is 204 g/mol. The summed E-state index contributed by atoms with van der Waals surface area (Å²) >= 11 is 1.28. The van der Waals surface area contributed by atoms with Crippen LogP contribution >= 0.6 is 11.8 Å². The number of aryl methyl sites for hydroxylation is 1. The lowest BCUT2D eigenvalue weighted by Crippen LogP contribution is -2.09. The van der Waals surface area contributed by atoms with E-state index in [1.54, 1.807) is 0 Å². The number of carbonyl (C=O) groups excluding carboxylic acids is 1. The van der Waals surface area contributed by atoms with Crippen molar-refractivity contribution in [3.05, 3.63) is 5.89 Å². The van der Waals surface area contributed by atoms with Crippen molar-refractivity contribution in [2.45, 2.75) is 30.2 Å². The number of aromatic nitrogens is 2. The molecule has 0 saturated carbocycles. The number of esters is 1. The maximum absolute atomic E-state index is 11.1. The summed E-state index contributed by atoms with van der Waals surface area (Å²) in [6, 6.07) is 0. The third-order valence-corrected chi connectivity index (χ3v) is 2.96. The second-order valence-electron chi connectivity index (χ2n) is 2.88. The molecular formula is C8H10N2O3S. The highest BCUT2D eigenvalue weighted by Crippen LogP contribution is 2.28. The Morgan fingerprint density at radius 1 is 1.57 bits per heavy atom. The summed E-state index contributed by atoms with van der Waals surface area (Å²) in [6.45, 7) is 2.43. The Balaban J connectivity index is 1.99. The smallest absolute Gasteiger partial charge is 0.319 e. The first kappa shape index (κ1) is 9.51. The van der Waals surface area contributed by atoms with Crippen molar-refractivity contribution >= 4 is 17.7 Å². The zero-order valence-electron chi connectivity index (χ0n) is 7.73. The SMILES string of the molecule is CCc1nnc(SC2CCOC2=O)o1. The van der Waals surface area contributed by atoms with Gasteiger partial charge in [-0.3, -0.25) is 4.79 Å². The first-order valence-electron chi connectivity index (χ1n) is 4.45. The van der Waals surface area contributed by atoms with Crippen LogP contribution in [0.5, 0.6) is 0 Å². The molecule has 0 bridgehead atoms. The van der Waals surface area contributed by atoms with E-state index in [0.29, 0.717) is 30.6 Å². The Bertz CT molecular complexity index is 339. The van der Waals surface area contributed by atoms with Gasteiger partial charge in [0.15, 0.2) is 0 Å². The van der Waals surface area contributed by atoms with Crippen LogP contribution in [0.2, 0.25) is 0 Å². The van der Waals surface area contributed by atoms with Crippen LogP contribution in [0.15, 0.2) is 9.64 Å². The molecule has 0 amide bonds. The van der Waals surface area contributed by atoms with Gasteiger partial charge in [-0.1, -0.05) is 6.92 Å². The molecule has 1 aliphatic heterocycles. The normalized spacial score (nSPS) is 21.2. The van der Waals surface area contributed by atoms with Crippen LogP contribution < -0.4 is 0 Å². The van der Waals surface area contributed by atoms with Gasteiger partial charge in [0.25, 0.3) is 5.22 Å². The van der Waals surface area contributed by atoms with Crippen molar-refractivity contribution in [1.29, 1.82) is 0 Å². The van der Waals surface area contributed by atoms with E-state index >= 15 is 0 Å². The number of thioether (sulfide) groups is 1. The Labute approximate surface area is 85.2 Å². The van der Waals surface area contributed by atoms with Crippen molar-refractivity contribution in [3.63, 3.8) is 0 Å². The van der Waals surface area contributed by atoms with Gasteiger partial charge in [0.05, 0.1) is 6.61 Å². The van der Waals surface area contributed by atoms with Gasteiger partial charge in [-0.2, -0.15) is 0 Å². The number of ether oxygens (including phenoxy) is 1. The zero-order chi connectivity index (χ0) is 9.97. The van der Waals surface area contributed by atoms with Crippen molar-refractivity contribution in [2.75, 3.05) is 6.61 Å². The molecule has 1 saturated heterocycles. The zero-order valence-corrected chi connectivity index (χ0v) is 8.54. The van der Waals surface area contributed by atoms with Crippen molar-refractivity contribution in [2.24, 2.45) is 0 Å². The van der Waals surface area contributed by atoms with E-state index in [4.69, 9.17) is 9.15 Å². The van der Waals surface area contributed by atoms with Crippen molar-refractivity contribution < 1.29 is 13.9 Å². The maximum Gasteiger partial charge on any atom is 0.319 e. The highest BCUT2D eigenvalue weighted by Gasteiger charge is 2.29. The van der Waals surface area contributed by atoms with Crippen LogP contribution in [-0.4, -0.2) is 28.0 Å². The van der Waals surface area contributed by atoms with Gasteiger partial charge in [0.1, 0.15) is 5.25 Å². The largest absolute Gasteiger partial charge is 0.465 e. The highest BCUT2D eigenvalue weighted by atomic mass is 32.2. The molecule has 1 aliphatic rings. The minimum atomic E-state index is -0.189. The average Bonchev–Trinajstić information content (AvgIpc) is 2.77. The molecule has 1 aromatic rings. The lowest BCUT2D eigenvalue weighted by atomic mass is 10.4. The lowest BCUT2D eigenvalue weighted by Gasteiger charge is -1.98. The van der Waals surface area contributed by atoms with Gasteiger partial charge in [-0.15, -0.1) is 10.2 Å². The maximum atomic E-state index is 11.1. The van der Waals surface area contributed by atoms with E-state index in [2.05, 4.69) is 10.2 Å². The van der Waals surface area contributed by atoms with Crippen molar-refractivity contribution in [3.8, 4) is 0 Å². The predicted octanol–water partition coefficient (Wildman–Crippen LogP) is 1.04. The average molecular weight is 214 g/mol. The fourth-order valence-electron chi connectivity index (χ4n) is 1.13. The molecule has 2 rings (SSSR count). The van der Waals surface area contributed by atoms with Gasteiger partial charge < -0.3 is 9.15 Å². The molecule has 0 spiro atoms. The monoisotopic (exact) mass is 214 g/mol. The second-order valence-corrected chi connectivity index (χ2v) is 4.03. The Kier molecular flexibility index (Phi) is 2.72. The van der Waals surface area contributed by atoms with Gasteiger partial charge in [0, 0.05) is 12.8 Å². The Morgan fingerprint density at radius 2 is 2.43 bits per heavy atom. The van der Waals surface area contributed by atoms with E-state index in [-0.39, 0.29) is 11.2 Å². The predicted molar refractivity (Wildman–Crippen MR) is 48.9 cm³/mol. The molecule has 1 aromatic heterocycles. The minimum Gasteiger partial charge on any atom is -0.465 e. The standard InChI is InChI=1S/C8H10N2O3S/c1-2-6-9-10-8(13-6)14-5-3-4-12-7(5)11/h5H,2-4H2,1H3. The van der Waals surface area contributed by atoms with Gasteiger partial charge in [0.2, 0.25) is 5.89 Å². The summed E-state index contributed by atoms with van der Waals surface area (Å²) in [5.74, 6) is 0.408. The first-order valence-corrected chi connectivity index (χ1v) is 5.33. The summed E-state index contributed by atoms with van der Waals surface area (Å²) in [5, 5.41) is 7.90. The van der Waals surface area contributed by atoms with E-state index in [0.717, 1.165) is 0 Å². The molecule has 5 nitrogen and oxygen atoms in total. The summed E-state index contributed by atoms with van der Waals surface area (Å²) in [4.78, 5) is 11.1. The Hall–Kier alpha value is -1.04. The van der Waals surface area contributed by atoms with Gasteiger partial charge in [-0.25, -0.2) is 0 Å². The molecule has 1 atom stereocenters. The number of rotatable bonds is 3. The van der Waals surface area contributed by atoms with E-state index in [1.165, 1.54) is 11.8 Å². The highest BCUT2D eigenvalue weighted by molar-refractivity contribution is 8.00. The first-order chi connectivity index (χ1) is 6.79. The fourth-order valence-corrected chi connectivity index (χ4v) is 1.99. The molecule has 1 unspecified atom stereocenters. The molecule has 14 heavy (non-hydrogen) atoms. The molecule has 0 aliphatic carbocycles. The fraction of sp³-hybridized carbons (Fsp3) is 0.625. The number of cyclic esters (lactones) is 1. The van der Waals surface area contributed by atoms with Crippen LogP contribution in [0, 0.1) is 0 Å². The molecule has 0 radical (unpaired) electrons. The minimum absolute atomic E-state index is 0.180. The van der Waals surface area contributed by atoms with Crippen LogP contribution in [0.3, 0.4) is 0 Å². The number of nitrogens with zero attached hydrogens (tertiary/aromatic N) is 2. The number of hydrogen-bond acceptors (Lipinski definition) is 6. The van der Waals surface area contributed by atoms with Gasteiger partial charge >= 0.3 is 5.97 Å². The summed E-state index contributed by atoms with van der Waals surface area (Å²) in [7, 11) is 0. The van der Waals surface area contributed by atoms with Crippen LogP contribution in [0.4, 0.5) is 0 Å². The summed E-state index contributed by atoms with van der Waals surface area (Å²) in [5.41, 5.74) is 0. The topological polar surface area (TPSA) is 65.2 Å². The summed E-state index contributed by atoms with van der Waals surface area (Å²) in [6.07, 6.45) is 1.43. The molecule has 2 heterocycles. The quantitative estimate of drug-likeness (QED) is 0.700. The summed E-state index contributed by atoms with van der Waals surface area (Å²) < 4.78 is 10.1. The molecule has 76 valence electrons. The van der Waals surface area contributed by atoms with Crippen LogP contribution in [-0.2, 0) is 16.0 Å². The van der Waals surface area contributed by atoms with Crippen molar-refractivity contribution in [1.82, 2.24) is 10.2 Å². The number of carbonyl (C=O) groups is 1.